The van der Waals surface area contributed by atoms with Crippen molar-refractivity contribution in [3.63, 3.8) is 0 Å². The summed E-state index contributed by atoms with van der Waals surface area (Å²) >= 11 is 0. The molecule has 0 bridgehead atoms. The van der Waals surface area contributed by atoms with Gasteiger partial charge in [-0.25, -0.2) is 9.78 Å². The van der Waals surface area contributed by atoms with Crippen molar-refractivity contribution >= 4 is 22.6 Å². The number of pyridine rings is 1. The molecule has 144 valence electrons. The molecule has 1 saturated heterocycles. The normalized spacial score (nSPS) is 14.2. The molecule has 0 amide bonds. The molecule has 0 unspecified atom stereocenters. The number of carboxylic acids is 1. The van der Waals surface area contributed by atoms with Crippen LogP contribution in [0.3, 0.4) is 0 Å². The van der Waals surface area contributed by atoms with E-state index in [1.54, 1.807) is 0 Å². The predicted octanol–water partition coefficient (Wildman–Crippen LogP) is 4.81. The van der Waals surface area contributed by atoms with Crippen molar-refractivity contribution < 1.29 is 14.6 Å². The van der Waals surface area contributed by atoms with Gasteiger partial charge in [-0.2, -0.15) is 0 Å². The first-order valence-electron chi connectivity index (χ1n) is 9.73. The number of rotatable bonds is 5. The molecule has 2 heterocycles. The van der Waals surface area contributed by atoms with E-state index < -0.39 is 5.97 Å². The zero-order valence-corrected chi connectivity index (χ0v) is 16.0. The van der Waals surface area contributed by atoms with Gasteiger partial charge in [0, 0.05) is 24.0 Å². The molecule has 0 radical (unpaired) electrons. The molecule has 4 rings (SSSR count). The maximum Gasteiger partial charge on any atom is 0.354 e. The zero-order valence-electron chi connectivity index (χ0n) is 16.0. The minimum atomic E-state index is -1.00. The molecule has 0 spiro atoms. The molecule has 1 aliphatic heterocycles. The standard InChI is InChI=1S/C23H24N2O3/c1-16-20(23(26)27)24-21-18(22(16)25-13-6-3-7-14-25)11-8-12-19(21)28-15-17-9-4-2-5-10-17/h2,4-5,8-12H,3,6-7,13-15H2,1H3,(H,26,27). The molecule has 2 aromatic carbocycles. The lowest BCUT2D eigenvalue weighted by molar-refractivity contribution is 0.0690. The number of aromatic carboxylic acids is 1. The van der Waals surface area contributed by atoms with Crippen molar-refractivity contribution in [1.82, 2.24) is 4.98 Å². The lowest BCUT2D eigenvalue weighted by Gasteiger charge is -2.31. The van der Waals surface area contributed by atoms with Gasteiger partial charge in [-0.1, -0.05) is 42.5 Å². The number of ether oxygens (including phenoxy) is 1. The van der Waals surface area contributed by atoms with Gasteiger partial charge in [0.15, 0.2) is 5.69 Å². The Labute approximate surface area is 164 Å². The van der Waals surface area contributed by atoms with E-state index in [1.807, 2.05) is 55.5 Å². The Hall–Kier alpha value is -3.08. The van der Waals surface area contributed by atoms with Crippen LogP contribution in [0, 0.1) is 6.92 Å². The van der Waals surface area contributed by atoms with Crippen LogP contribution in [0.5, 0.6) is 5.75 Å². The maximum atomic E-state index is 11.9. The third-order valence-electron chi connectivity index (χ3n) is 5.30. The summed E-state index contributed by atoms with van der Waals surface area (Å²) in [6.45, 7) is 4.15. The molecule has 1 aromatic heterocycles. The summed E-state index contributed by atoms with van der Waals surface area (Å²) in [6, 6.07) is 15.8. The monoisotopic (exact) mass is 376 g/mol. The van der Waals surface area contributed by atoms with Gasteiger partial charge in [-0.15, -0.1) is 0 Å². The predicted molar refractivity (Wildman–Crippen MR) is 110 cm³/mol. The van der Waals surface area contributed by atoms with Crippen LogP contribution < -0.4 is 9.64 Å². The largest absolute Gasteiger partial charge is 0.487 e. The SMILES string of the molecule is Cc1c(C(=O)O)nc2c(OCc3ccccc3)cccc2c1N1CCCCC1. The topological polar surface area (TPSA) is 62.7 Å². The molecule has 0 saturated carbocycles. The van der Waals surface area contributed by atoms with Crippen molar-refractivity contribution in [2.45, 2.75) is 32.8 Å². The lowest BCUT2D eigenvalue weighted by Crippen LogP contribution is -2.30. The van der Waals surface area contributed by atoms with Gasteiger partial charge in [0.25, 0.3) is 0 Å². The number of benzene rings is 2. The summed E-state index contributed by atoms with van der Waals surface area (Å²) in [6.07, 6.45) is 3.46. The Morgan fingerprint density at radius 2 is 1.82 bits per heavy atom. The average molecular weight is 376 g/mol. The fourth-order valence-electron chi connectivity index (χ4n) is 3.92. The Morgan fingerprint density at radius 1 is 1.07 bits per heavy atom. The zero-order chi connectivity index (χ0) is 19.5. The number of piperidine rings is 1. The highest BCUT2D eigenvalue weighted by Crippen LogP contribution is 2.37. The van der Waals surface area contributed by atoms with E-state index in [0.717, 1.165) is 48.1 Å². The Morgan fingerprint density at radius 3 is 2.54 bits per heavy atom. The van der Waals surface area contributed by atoms with Crippen molar-refractivity contribution in [2.75, 3.05) is 18.0 Å². The minimum Gasteiger partial charge on any atom is -0.487 e. The van der Waals surface area contributed by atoms with Gasteiger partial charge in [-0.3, -0.25) is 0 Å². The number of hydrogen-bond donors (Lipinski definition) is 1. The molecule has 5 nitrogen and oxygen atoms in total. The number of nitrogens with zero attached hydrogens (tertiary/aromatic N) is 2. The van der Waals surface area contributed by atoms with Crippen LogP contribution in [0.2, 0.25) is 0 Å². The van der Waals surface area contributed by atoms with Gasteiger partial charge >= 0.3 is 5.97 Å². The summed E-state index contributed by atoms with van der Waals surface area (Å²) in [7, 11) is 0. The lowest BCUT2D eigenvalue weighted by atomic mass is 10.0. The van der Waals surface area contributed by atoms with Crippen LogP contribution in [0.1, 0.15) is 40.9 Å². The fraction of sp³-hybridized carbons (Fsp3) is 0.304. The number of anilines is 1. The molecule has 1 aliphatic rings. The summed E-state index contributed by atoms with van der Waals surface area (Å²) in [5.41, 5.74) is 3.47. The number of aromatic nitrogens is 1. The van der Waals surface area contributed by atoms with E-state index in [2.05, 4.69) is 9.88 Å². The number of fused-ring (bicyclic) bond motifs is 1. The highest BCUT2D eigenvalue weighted by Gasteiger charge is 2.23. The highest BCUT2D eigenvalue weighted by molar-refractivity contribution is 6.02. The Bertz CT molecular complexity index is 996. The van der Waals surface area contributed by atoms with E-state index in [0.29, 0.717) is 17.9 Å². The quantitative estimate of drug-likeness (QED) is 0.692. The van der Waals surface area contributed by atoms with Crippen LogP contribution in [0.4, 0.5) is 5.69 Å². The van der Waals surface area contributed by atoms with Crippen LogP contribution >= 0.6 is 0 Å². The molecular formula is C23H24N2O3. The second-order valence-corrected chi connectivity index (χ2v) is 7.21. The van der Waals surface area contributed by atoms with Gasteiger partial charge in [0.2, 0.25) is 0 Å². The van der Waals surface area contributed by atoms with Crippen LogP contribution in [0.15, 0.2) is 48.5 Å². The molecule has 0 aliphatic carbocycles. The minimum absolute atomic E-state index is 0.101. The van der Waals surface area contributed by atoms with Gasteiger partial charge in [0.05, 0.1) is 5.69 Å². The van der Waals surface area contributed by atoms with Crippen molar-refractivity contribution in [3.8, 4) is 5.75 Å². The molecule has 1 N–H and O–H groups in total. The van der Waals surface area contributed by atoms with Crippen LogP contribution in [-0.4, -0.2) is 29.1 Å². The first-order chi connectivity index (χ1) is 13.6. The van der Waals surface area contributed by atoms with Crippen LogP contribution in [-0.2, 0) is 6.61 Å². The summed E-state index contributed by atoms with van der Waals surface area (Å²) < 4.78 is 6.05. The van der Waals surface area contributed by atoms with E-state index in [1.165, 1.54) is 6.42 Å². The highest BCUT2D eigenvalue weighted by atomic mass is 16.5. The number of para-hydroxylation sites is 1. The molecule has 1 fully saturated rings. The van der Waals surface area contributed by atoms with Gasteiger partial charge in [0.1, 0.15) is 17.9 Å². The molecule has 28 heavy (non-hydrogen) atoms. The smallest absolute Gasteiger partial charge is 0.354 e. The second kappa shape index (κ2) is 7.89. The van der Waals surface area contributed by atoms with Gasteiger partial charge in [-0.05, 0) is 37.8 Å². The molecule has 0 atom stereocenters. The number of carbonyl (C=O) groups is 1. The van der Waals surface area contributed by atoms with E-state index >= 15 is 0 Å². The fourth-order valence-corrected chi connectivity index (χ4v) is 3.92. The number of hydrogen-bond acceptors (Lipinski definition) is 4. The van der Waals surface area contributed by atoms with Crippen molar-refractivity contribution in [3.05, 3.63) is 65.4 Å². The summed E-state index contributed by atoms with van der Waals surface area (Å²) in [5, 5.41) is 10.7. The van der Waals surface area contributed by atoms with Crippen molar-refractivity contribution in [2.24, 2.45) is 0 Å². The molecule has 3 aromatic rings. The first kappa shape index (κ1) is 18.3. The van der Waals surface area contributed by atoms with E-state index in [-0.39, 0.29) is 5.69 Å². The molecule has 5 heteroatoms. The van der Waals surface area contributed by atoms with E-state index in [4.69, 9.17) is 4.74 Å². The molecular weight excluding hydrogens is 352 g/mol. The Balaban J connectivity index is 1.81. The maximum absolute atomic E-state index is 11.9. The number of carboxylic acid groups (broad SMARTS) is 1. The van der Waals surface area contributed by atoms with Crippen LogP contribution in [0.25, 0.3) is 10.9 Å². The summed E-state index contributed by atoms with van der Waals surface area (Å²) in [4.78, 5) is 18.7. The third-order valence-corrected chi connectivity index (χ3v) is 5.30. The van der Waals surface area contributed by atoms with Crippen molar-refractivity contribution in [1.29, 1.82) is 0 Å². The average Bonchev–Trinajstić information content (AvgIpc) is 2.73. The van der Waals surface area contributed by atoms with E-state index in [9.17, 15) is 9.90 Å². The first-order valence-corrected chi connectivity index (χ1v) is 9.73. The Kier molecular flexibility index (Phi) is 5.15. The summed E-state index contributed by atoms with van der Waals surface area (Å²) in [5.74, 6) is -0.391. The second-order valence-electron chi connectivity index (χ2n) is 7.21. The van der Waals surface area contributed by atoms with Gasteiger partial charge < -0.3 is 14.7 Å². The third kappa shape index (κ3) is 3.52.